The van der Waals surface area contributed by atoms with E-state index in [0.29, 0.717) is 12.6 Å². The number of halogens is 1. The van der Waals surface area contributed by atoms with E-state index in [9.17, 15) is 12.8 Å². The minimum Gasteiger partial charge on any atom is -0.297 e. The van der Waals surface area contributed by atoms with Gasteiger partial charge in [-0.05, 0) is 50.6 Å². The van der Waals surface area contributed by atoms with Crippen LogP contribution in [0.4, 0.5) is 4.39 Å². The van der Waals surface area contributed by atoms with Crippen molar-refractivity contribution in [3.05, 3.63) is 30.1 Å². The zero-order chi connectivity index (χ0) is 15.0. The lowest BCUT2D eigenvalue weighted by Crippen LogP contribution is -2.59. The van der Waals surface area contributed by atoms with E-state index in [1.807, 2.05) is 6.92 Å². The molecule has 2 heterocycles. The third kappa shape index (κ3) is 2.84. The summed E-state index contributed by atoms with van der Waals surface area (Å²) < 4.78 is 40.1. The van der Waals surface area contributed by atoms with Crippen LogP contribution < -0.4 is 0 Å². The molecule has 0 amide bonds. The van der Waals surface area contributed by atoms with Crippen molar-refractivity contribution >= 4 is 10.0 Å². The third-order valence-corrected chi connectivity index (χ3v) is 6.54. The minimum atomic E-state index is -3.54. The van der Waals surface area contributed by atoms with Gasteiger partial charge in [0.05, 0.1) is 4.90 Å². The van der Waals surface area contributed by atoms with Crippen molar-refractivity contribution in [1.29, 1.82) is 0 Å². The van der Waals surface area contributed by atoms with Crippen LogP contribution in [0.5, 0.6) is 0 Å². The molecule has 6 heteroatoms. The first kappa shape index (κ1) is 14.9. The first-order valence-corrected chi connectivity index (χ1v) is 8.94. The molecular formula is C15H21FN2O2S. The summed E-state index contributed by atoms with van der Waals surface area (Å²) in [5.41, 5.74) is 0. The van der Waals surface area contributed by atoms with Crippen molar-refractivity contribution in [3.8, 4) is 0 Å². The van der Waals surface area contributed by atoms with E-state index >= 15 is 0 Å². The van der Waals surface area contributed by atoms with Crippen molar-refractivity contribution in [1.82, 2.24) is 9.21 Å². The van der Waals surface area contributed by atoms with E-state index in [4.69, 9.17) is 0 Å². The van der Waals surface area contributed by atoms with E-state index in [1.165, 1.54) is 37.1 Å². The van der Waals surface area contributed by atoms with Crippen molar-refractivity contribution < 1.29 is 12.8 Å². The quantitative estimate of drug-likeness (QED) is 0.839. The summed E-state index contributed by atoms with van der Waals surface area (Å²) in [5.74, 6) is -0.418. The average molecular weight is 312 g/mol. The van der Waals surface area contributed by atoms with Gasteiger partial charge in [0.15, 0.2) is 0 Å². The van der Waals surface area contributed by atoms with Gasteiger partial charge in [0.1, 0.15) is 5.82 Å². The van der Waals surface area contributed by atoms with E-state index in [0.717, 1.165) is 19.5 Å². The van der Waals surface area contributed by atoms with Gasteiger partial charge in [0, 0.05) is 25.2 Å². The van der Waals surface area contributed by atoms with Gasteiger partial charge in [-0.15, -0.1) is 0 Å². The number of hydrogen-bond acceptors (Lipinski definition) is 3. The van der Waals surface area contributed by atoms with Crippen LogP contribution in [0, 0.1) is 5.82 Å². The van der Waals surface area contributed by atoms with E-state index < -0.39 is 15.8 Å². The molecule has 0 saturated carbocycles. The number of sulfonamides is 1. The Hall–Kier alpha value is -0.980. The van der Waals surface area contributed by atoms with Gasteiger partial charge in [-0.3, -0.25) is 4.90 Å². The maximum Gasteiger partial charge on any atom is 0.243 e. The number of rotatable bonds is 2. The molecule has 0 N–H and O–H groups in total. The molecule has 2 atom stereocenters. The highest BCUT2D eigenvalue weighted by Gasteiger charge is 2.39. The number of benzene rings is 1. The molecule has 3 rings (SSSR count). The molecule has 0 spiro atoms. The lowest BCUT2D eigenvalue weighted by Gasteiger charge is -2.46. The third-order valence-electron chi connectivity index (χ3n) is 4.55. The molecule has 116 valence electrons. The highest BCUT2D eigenvalue weighted by atomic mass is 32.2. The van der Waals surface area contributed by atoms with Crippen molar-refractivity contribution in [2.24, 2.45) is 0 Å². The summed E-state index contributed by atoms with van der Waals surface area (Å²) in [6, 6.07) is 5.39. The van der Waals surface area contributed by atoms with Crippen molar-refractivity contribution in [3.63, 3.8) is 0 Å². The average Bonchev–Trinajstić information content (AvgIpc) is 2.47. The first-order valence-electron chi connectivity index (χ1n) is 7.50. The standard InChI is InChI=1S/C15H21FN2O2S/c1-12-10-17-9-3-2-4-14(17)11-18(12)21(19,20)15-7-5-13(16)6-8-15/h5-8,12,14H,2-4,9-11H2,1H3. The van der Waals surface area contributed by atoms with Crippen LogP contribution in [0.1, 0.15) is 26.2 Å². The minimum absolute atomic E-state index is 0.0468. The molecule has 2 aliphatic heterocycles. The Kier molecular flexibility index (Phi) is 4.03. The summed E-state index contributed by atoms with van der Waals surface area (Å²) in [6.45, 7) is 4.34. The summed E-state index contributed by atoms with van der Waals surface area (Å²) in [4.78, 5) is 2.59. The second-order valence-electron chi connectivity index (χ2n) is 6.02. The van der Waals surface area contributed by atoms with Gasteiger partial charge in [-0.25, -0.2) is 12.8 Å². The highest BCUT2D eigenvalue weighted by molar-refractivity contribution is 7.89. The van der Waals surface area contributed by atoms with Gasteiger partial charge < -0.3 is 0 Å². The van der Waals surface area contributed by atoms with Crippen LogP contribution in [-0.2, 0) is 10.0 Å². The molecule has 2 fully saturated rings. The number of fused-ring (bicyclic) bond motifs is 1. The first-order chi connectivity index (χ1) is 9.98. The lowest BCUT2D eigenvalue weighted by molar-refractivity contribution is 0.0564. The Labute approximate surface area is 125 Å². The molecule has 0 aliphatic carbocycles. The van der Waals surface area contributed by atoms with Crippen LogP contribution in [0.3, 0.4) is 0 Å². The fourth-order valence-corrected chi connectivity index (χ4v) is 5.06. The van der Waals surface area contributed by atoms with Gasteiger partial charge in [-0.2, -0.15) is 4.31 Å². The molecule has 21 heavy (non-hydrogen) atoms. The number of nitrogens with zero attached hydrogens (tertiary/aromatic N) is 2. The molecular weight excluding hydrogens is 291 g/mol. The lowest BCUT2D eigenvalue weighted by atomic mass is 9.99. The topological polar surface area (TPSA) is 40.6 Å². The molecule has 0 aromatic heterocycles. The van der Waals surface area contributed by atoms with Crippen molar-refractivity contribution in [2.75, 3.05) is 19.6 Å². The van der Waals surface area contributed by atoms with Gasteiger partial charge in [0.25, 0.3) is 0 Å². The smallest absolute Gasteiger partial charge is 0.243 e. The molecule has 1 aromatic carbocycles. The van der Waals surface area contributed by atoms with E-state index in [2.05, 4.69) is 4.90 Å². The van der Waals surface area contributed by atoms with Crippen molar-refractivity contribution in [2.45, 2.75) is 43.2 Å². The molecule has 1 aromatic rings. The Morgan fingerprint density at radius 3 is 2.57 bits per heavy atom. The zero-order valence-corrected chi connectivity index (χ0v) is 13.0. The molecule has 0 radical (unpaired) electrons. The maximum absolute atomic E-state index is 13.0. The molecule has 2 saturated heterocycles. The van der Waals surface area contributed by atoms with Crippen LogP contribution >= 0.6 is 0 Å². The molecule has 2 aliphatic rings. The number of piperazine rings is 1. The van der Waals surface area contributed by atoms with Crippen LogP contribution in [0.15, 0.2) is 29.2 Å². The van der Waals surface area contributed by atoms with E-state index in [1.54, 1.807) is 4.31 Å². The predicted molar refractivity (Wildman–Crippen MR) is 79.0 cm³/mol. The fourth-order valence-electron chi connectivity index (χ4n) is 3.40. The Morgan fingerprint density at radius 2 is 1.86 bits per heavy atom. The SMILES string of the molecule is CC1CN2CCCCC2CN1S(=O)(=O)c1ccc(F)cc1. The number of hydrogen-bond donors (Lipinski definition) is 0. The zero-order valence-electron chi connectivity index (χ0n) is 12.2. The second-order valence-corrected chi connectivity index (χ2v) is 7.91. The van der Waals surface area contributed by atoms with Crippen LogP contribution in [-0.4, -0.2) is 49.3 Å². The summed E-state index contributed by atoms with van der Waals surface area (Å²) in [7, 11) is -3.54. The van der Waals surface area contributed by atoms with Gasteiger partial charge in [-0.1, -0.05) is 6.42 Å². The summed E-state index contributed by atoms with van der Waals surface area (Å²) in [6.07, 6.45) is 3.43. The molecule has 2 unspecified atom stereocenters. The Bertz CT molecular complexity index is 603. The largest absolute Gasteiger partial charge is 0.297 e. The summed E-state index contributed by atoms with van der Waals surface area (Å²) in [5, 5.41) is 0. The maximum atomic E-state index is 13.0. The second kappa shape index (κ2) is 5.66. The van der Waals surface area contributed by atoms with Crippen LogP contribution in [0.2, 0.25) is 0 Å². The normalized spacial score (nSPS) is 28.3. The predicted octanol–water partition coefficient (Wildman–Crippen LogP) is 2.07. The van der Waals surface area contributed by atoms with Crippen LogP contribution in [0.25, 0.3) is 0 Å². The monoisotopic (exact) mass is 312 g/mol. The van der Waals surface area contributed by atoms with Gasteiger partial charge >= 0.3 is 0 Å². The molecule has 4 nitrogen and oxygen atoms in total. The van der Waals surface area contributed by atoms with Gasteiger partial charge in [0.2, 0.25) is 10.0 Å². The van der Waals surface area contributed by atoms with E-state index in [-0.39, 0.29) is 10.9 Å². The summed E-state index contributed by atoms with van der Waals surface area (Å²) >= 11 is 0. The Morgan fingerprint density at radius 1 is 1.14 bits per heavy atom. The highest BCUT2D eigenvalue weighted by Crippen LogP contribution is 2.28. The fraction of sp³-hybridized carbons (Fsp3) is 0.600. The number of piperidine rings is 1. The molecule has 0 bridgehead atoms. The Balaban J connectivity index is 1.86.